The van der Waals surface area contributed by atoms with Crippen LogP contribution in [0.2, 0.25) is 0 Å². The number of aliphatic imine (C=N–C) groups is 1. The summed E-state index contributed by atoms with van der Waals surface area (Å²) in [6.45, 7) is 4.39. The van der Waals surface area contributed by atoms with Gasteiger partial charge in [0.15, 0.2) is 5.96 Å². The van der Waals surface area contributed by atoms with E-state index in [9.17, 15) is 0 Å². The van der Waals surface area contributed by atoms with Crippen LogP contribution in [0.5, 0.6) is 0 Å². The van der Waals surface area contributed by atoms with E-state index < -0.39 is 0 Å². The Morgan fingerprint density at radius 2 is 2.09 bits per heavy atom. The van der Waals surface area contributed by atoms with Crippen molar-refractivity contribution in [1.82, 2.24) is 15.2 Å². The van der Waals surface area contributed by atoms with Gasteiger partial charge < -0.3 is 19.5 Å². The number of piperazine rings is 1. The molecule has 2 aromatic rings. The minimum atomic E-state index is 0.653. The summed E-state index contributed by atoms with van der Waals surface area (Å²) < 4.78 is 5.34. The summed E-state index contributed by atoms with van der Waals surface area (Å²) in [7, 11) is 1.82. The quantitative estimate of drug-likeness (QED) is 0.689. The Bertz CT molecular complexity index is 588. The first-order chi connectivity index (χ1) is 10.9. The molecule has 0 aliphatic carbocycles. The van der Waals surface area contributed by atoms with Crippen LogP contribution in [0.25, 0.3) is 0 Å². The molecular weight excluding hydrogens is 278 g/mol. The lowest BCUT2D eigenvalue weighted by Crippen LogP contribution is -2.52. The average molecular weight is 299 g/mol. The number of guanidine groups is 1. The van der Waals surface area contributed by atoms with E-state index in [1.165, 1.54) is 0 Å². The molecule has 0 aromatic carbocycles. The van der Waals surface area contributed by atoms with E-state index in [2.05, 4.69) is 31.2 Å². The van der Waals surface area contributed by atoms with Crippen LogP contribution in [0, 0.1) is 0 Å². The van der Waals surface area contributed by atoms with Crippen molar-refractivity contribution >= 4 is 11.8 Å². The Morgan fingerprint density at radius 3 is 2.73 bits per heavy atom. The number of nitrogens with one attached hydrogen (secondary N) is 1. The first kappa shape index (κ1) is 14.4. The highest BCUT2D eigenvalue weighted by Gasteiger charge is 2.20. The van der Waals surface area contributed by atoms with Gasteiger partial charge in [-0.2, -0.15) is 0 Å². The predicted octanol–water partition coefficient (Wildman–Crippen LogP) is 1.57. The van der Waals surface area contributed by atoms with Gasteiger partial charge in [0.05, 0.1) is 12.8 Å². The minimum absolute atomic E-state index is 0.653. The Balaban J connectivity index is 1.53. The fourth-order valence-electron chi connectivity index (χ4n) is 2.60. The fraction of sp³-hybridized carbons (Fsp3) is 0.375. The molecule has 3 heterocycles. The molecule has 1 fully saturated rings. The van der Waals surface area contributed by atoms with Gasteiger partial charge >= 0.3 is 0 Å². The Kier molecular flexibility index (Phi) is 4.58. The predicted molar refractivity (Wildman–Crippen MR) is 86.9 cm³/mol. The molecule has 3 rings (SSSR count). The molecule has 1 aliphatic rings. The van der Waals surface area contributed by atoms with E-state index in [0.29, 0.717) is 6.54 Å². The molecule has 22 heavy (non-hydrogen) atoms. The van der Waals surface area contributed by atoms with Gasteiger partial charge in [-0.1, -0.05) is 6.07 Å². The van der Waals surface area contributed by atoms with Crippen molar-refractivity contribution in [2.45, 2.75) is 6.54 Å². The molecule has 6 nitrogen and oxygen atoms in total. The highest BCUT2D eigenvalue weighted by atomic mass is 16.3. The first-order valence-electron chi connectivity index (χ1n) is 7.51. The summed E-state index contributed by atoms with van der Waals surface area (Å²) in [6.07, 6.45) is 3.52. The number of nitrogens with zero attached hydrogens (tertiary/aromatic N) is 4. The highest BCUT2D eigenvalue weighted by molar-refractivity contribution is 5.80. The van der Waals surface area contributed by atoms with Crippen molar-refractivity contribution in [3.63, 3.8) is 0 Å². The summed E-state index contributed by atoms with van der Waals surface area (Å²) >= 11 is 0. The third-order valence-electron chi connectivity index (χ3n) is 3.77. The van der Waals surface area contributed by atoms with Crippen molar-refractivity contribution in [1.29, 1.82) is 0 Å². The van der Waals surface area contributed by atoms with Crippen molar-refractivity contribution in [3.8, 4) is 0 Å². The largest absolute Gasteiger partial charge is 0.467 e. The van der Waals surface area contributed by atoms with Crippen LogP contribution in [-0.4, -0.2) is 49.1 Å². The van der Waals surface area contributed by atoms with Crippen LogP contribution in [0.1, 0.15) is 5.76 Å². The molecule has 0 spiro atoms. The van der Waals surface area contributed by atoms with Gasteiger partial charge in [0.25, 0.3) is 0 Å². The Hall–Kier alpha value is -2.50. The molecule has 6 heteroatoms. The van der Waals surface area contributed by atoms with Gasteiger partial charge in [-0.15, -0.1) is 0 Å². The lowest BCUT2D eigenvalue weighted by molar-refractivity contribution is 0.368. The van der Waals surface area contributed by atoms with E-state index in [4.69, 9.17) is 4.42 Å². The number of aromatic nitrogens is 1. The second kappa shape index (κ2) is 6.98. The summed E-state index contributed by atoms with van der Waals surface area (Å²) in [6, 6.07) is 9.88. The monoisotopic (exact) mass is 299 g/mol. The molecule has 0 bridgehead atoms. The van der Waals surface area contributed by atoms with Crippen LogP contribution in [0.15, 0.2) is 52.2 Å². The van der Waals surface area contributed by atoms with Crippen LogP contribution in [0.4, 0.5) is 5.82 Å². The minimum Gasteiger partial charge on any atom is -0.467 e. The first-order valence-corrected chi connectivity index (χ1v) is 7.51. The van der Waals surface area contributed by atoms with Crippen LogP contribution in [0.3, 0.4) is 0 Å². The molecule has 0 amide bonds. The zero-order valence-electron chi connectivity index (χ0n) is 12.8. The van der Waals surface area contributed by atoms with Crippen molar-refractivity contribution in [2.75, 3.05) is 38.1 Å². The zero-order valence-corrected chi connectivity index (χ0v) is 12.8. The van der Waals surface area contributed by atoms with Gasteiger partial charge in [0.1, 0.15) is 11.6 Å². The van der Waals surface area contributed by atoms with Crippen molar-refractivity contribution in [2.24, 2.45) is 4.99 Å². The van der Waals surface area contributed by atoms with Crippen LogP contribution < -0.4 is 10.2 Å². The summed E-state index contributed by atoms with van der Waals surface area (Å²) in [4.78, 5) is 13.3. The second-order valence-corrected chi connectivity index (χ2v) is 5.14. The van der Waals surface area contributed by atoms with Crippen molar-refractivity contribution in [3.05, 3.63) is 48.6 Å². The van der Waals surface area contributed by atoms with E-state index in [0.717, 1.165) is 43.7 Å². The molecule has 0 atom stereocenters. The number of pyridine rings is 1. The third-order valence-corrected chi connectivity index (χ3v) is 3.77. The lowest BCUT2D eigenvalue weighted by atomic mass is 10.3. The topological polar surface area (TPSA) is 56.9 Å². The molecular formula is C16H21N5O. The number of hydrogen-bond acceptors (Lipinski definition) is 4. The van der Waals surface area contributed by atoms with E-state index in [1.54, 1.807) is 6.26 Å². The van der Waals surface area contributed by atoms with E-state index in [-0.39, 0.29) is 0 Å². The molecule has 0 saturated carbocycles. The standard InChI is InChI=1S/C16H21N5O/c1-17-16(19-13-14-5-4-12-22-14)21-10-8-20(9-11-21)15-6-2-3-7-18-15/h2-7,12H,8-11,13H2,1H3,(H,17,19). The van der Waals surface area contributed by atoms with Crippen LogP contribution >= 0.6 is 0 Å². The number of anilines is 1. The molecule has 116 valence electrons. The van der Waals surface area contributed by atoms with E-state index in [1.807, 2.05) is 37.5 Å². The SMILES string of the molecule is CN=C(NCc1ccco1)N1CCN(c2ccccn2)CC1. The number of furan rings is 1. The number of hydrogen-bond donors (Lipinski definition) is 1. The van der Waals surface area contributed by atoms with Gasteiger partial charge in [-0.3, -0.25) is 4.99 Å². The third kappa shape index (κ3) is 3.39. The van der Waals surface area contributed by atoms with Gasteiger partial charge in [-0.25, -0.2) is 4.98 Å². The number of rotatable bonds is 3. The maximum atomic E-state index is 5.34. The summed E-state index contributed by atoms with van der Waals surface area (Å²) in [5.41, 5.74) is 0. The maximum Gasteiger partial charge on any atom is 0.194 e. The smallest absolute Gasteiger partial charge is 0.194 e. The van der Waals surface area contributed by atoms with Gasteiger partial charge in [0.2, 0.25) is 0 Å². The summed E-state index contributed by atoms with van der Waals surface area (Å²) in [5, 5.41) is 3.34. The maximum absolute atomic E-state index is 5.34. The molecule has 0 radical (unpaired) electrons. The van der Waals surface area contributed by atoms with Crippen molar-refractivity contribution < 1.29 is 4.42 Å². The lowest BCUT2D eigenvalue weighted by Gasteiger charge is -2.37. The fourth-order valence-corrected chi connectivity index (χ4v) is 2.60. The van der Waals surface area contributed by atoms with Gasteiger partial charge in [0, 0.05) is 39.4 Å². The van der Waals surface area contributed by atoms with Gasteiger partial charge in [-0.05, 0) is 24.3 Å². The normalized spacial score (nSPS) is 16.0. The molecule has 1 aliphatic heterocycles. The molecule has 2 aromatic heterocycles. The Morgan fingerprint density at radius 1 is 1.23 bits per heavy atom. The molecule has 1 saturated heterocycles. The van der Waals surface area contributed by atoms with E-state index >= 15 is 0 Å². The summed E-state index contributed by atoms with van der Waals surface area (Å²) in [5.74, 6) is 2.87. The average Bonchev–Trinajstić information content (AvgIpc) is 3.10. The van der Waals surface area contributed by atoms with Crippen LogP contribution in [-0.2, 0) is 6.54 Å². The second-order valence-electron chi connectivity index (χ2n) is 5.14. The molecule has 1 N–H and O–H groups in total. The highest BCUT2D eigenvalue weighted by Crippen LogP contribution is 2.12. The zero-order chi connectivity index (χ0) is 15.2. The molecule has 0 unspecified atom stereocenters. The Labute approximate surface area is 130 Å².